The lowest BCUT2D eigenvalue weighted by molar-refractivity contribution is -0.132. The van der Waals surface area contributed by atoms with Crippen molar-refractivity contribution in [3.8, 4) is 11.5 Å². The molecule has 7 heteroatoms. The Balaban J connectivity index is 1.62. The molecule has 3 amide bonds. The Morgan fingerprint density at radius 1 is 0.931 bits per heavy atom. The molecule has 6 nitrogen and oxygen atoms in total. The van der Waals surface area contributed by atoms with E-state index in [9.17, 15) is 9.59 Å². The number of carbonyl (C=O) groups excluding carboxylic acids is 2. The molecule has 0 aliphatic carbocycles. The van der Waals surface area contributed by atoms with Crippen LogP contribution in [0.5, 0.6) is 11.5 Å². The summed E-state index contributed by atoms with van der Waals surface area (Å²) in [5.74, 6) is 1.16. The summed E-state index contributed by atoms with van der Waals surface area (Å²) >= 11 is 5.96. The van der Waals surface area contributed by atoms with E-state index in [0.717, 1.165) is 12.2 Å². The van der Waals surface area contributed by atoms with E-state index in [-0.39, 0.29) is 19.1 Å². The average Bonchev–Trinajstić information content (AvgIpc) is 2.98. The minimum absolute atomic E-state index is 0.161. The number of imide groups is 1. The molecule has 0 radical (unpaired) electrons. The van der Waals surface area contributed by atoms with Crippen molar-refractivity contribution < 1.29 is 19.1 Å². The van der Waals surface area contributed by atoms with Crippen LogP contribution in [0.3, 0.4) is 0 Å². The summed E-state index contributed by atoms with van der Waals surface area (Å²) in [5, 5.41) is 3.43. The van der Waals surface area contributed by atoms with Crippen molar-refractivity contribution in [1.29, 1.82) is 0 Å². The van der Waals surface area contributed by atoms with E-state index >= 15 is 0 Å². The fourth-order valence-electron chi connectivity index (χ4n) is 3.31. The van der Waals surface area contributed by atoms with Crippen molar-refractivity contribution in [1.82, 2.24) is 10.2 Å². The van der Waals surface area contributed by atoms with Gasteiger partial charge in [0.1, 0.15) is 23.6 Å². The molecule has 0 saturated carbocycles. The number of hydrogen-bond donors (Lipinski definition) is 1. The third-order valence-corrected chi connectivity index (χ3v) is 5.18. The zero-order valence-electron chi connectivity index (χ0n) is 16.6. The van der Waals surface area contributed by atoms with Gasteiger partial charge in [-0.05, 0) is 54.8 Å². The summed E-state index contributed by atoms with van der Waals surface area (Å²) in [6, 6.07) is 13.8. The van der Waals surface area contributed by atoms with E-state index in [1.54, 1.807) is 36.4 Å². The molecule has 1 heterocycles. The summed E-state index contributed by atoms with van der Waals surface area (Å²) in [5.41, 5.74) is -0.353. The fourth-order valence-corrected chi connectivity index (χ4v) is 3.44. The van der Waals surface area contributed by atoms with Crippen molar-refractivity contribution in [2.45, 2.75) is 32.2 Å². The van der Waals surface area contributed by atoms with Crippen LogP contribution in [0.1, 0.15) is 32.3 Å². The van der Waals surface area contributed by atoms with Gasteiger partial charge in [-0.15, -0.1) is 0 Å². The van der Waals surface area contributed by atoms with Crippen LogP contribution in [0.2, 0.25) is 5.02 Å². The Morgan fingerprint density at radius 3 is 2.07 bits per heavy atom. The Morgan fingerprint density at radius 2 is 1.52 bits per heavy atom. The van der Waals surface area contributed by atoms with Gasteiger partial charge in [-0.25, -0.2) is 4.79 Å². The smallest absolute Gasteiger partial charge is 0.325 e. The molecule has 0 bridgehead atoms. The summed E-state index contributed by atoms with van der Waals surface area (Å²) < 4.78 is 11.2. The van der Waals surface area contributed by atoms with Crippen LogP contribution in [0.4, 0.5) is 4.79 Å². The number of halogens is 1. The molecule has 29 heavy (non-hydrogen) atoms. The first kappa shape index (κ1) is 21.0. The van der Waals surface area contributed by atoms with Gasteiger partial charge in [0.2, 0.25) is 0 Å². The van der Waals surface area contributed by atoms with Crippen LogP contribution < -0.4 is 14.8 Å². The minimum atomic E-state index is -1.07. The van der Waals surface area contributed by atoms with E-state index in [1.165, 1.54) is 4.90 Å². The van der Waals surface area contributed by atoms with Crippen LogP contribution in [-0.2, 0) is 10.3 Å². The standard InChI is InChI=1S/C22H25ClN2O4/c1-3-14-28-18-9-11-19(12-10-18)29-15-13-25-20(26)22(4-2,24-21(25)27)16-5-7-17(23)8-6-16/h5-12H,3-4,13-15H2,1-2H3,(H,24,27). The van der Waals surface area contributed by atoms with Gasteiger partial charge in [-0.3, -0.25) is 9.69 Å². The molecular weight excluding hydrogens is 392 g/mol. The van der Waals surface area contributed by atoms with Crippen LogP contribution >= 0.6 is 11.6 Å². The molecule has 154 valence electrons. The van der Waals surface area contributed by atoms with Gasteiger partial charge in [0.15, 0.2) is 0 Å². The molecule has 1 atom stereocenters. The molecule has 0 spiro atoms. The Bertz CT molecular complexity index is 854. The van der Waals surface area contributed by atoms with Crippen molar-refractivity contribution in [2.75, 3.05) is 19.8 Å². The van der Waals surface area contributed by atoms with Gasteiger partial charge < -0.3 is 14.8 Å². The summed E-state index contributed by atoms with van der Waals surface area (Å²) in [7, 11) is 0. The number of rotatable bonds is 9. The lowest BCUT2D eigenvalue weighted by Crippen LogP contribution is -2.43. The maximum atomic E-state index is 13.1. The molecule has 1 unspecified atom stereocenters. The van der Waals surface area contributed by atoms with Crippen LogP contribution in [0, 0.1) is 0 Å². The second-order valence-corrected chi connectivity index (χ2v) is 7.26. The first-order chi connectivity index (χ1) is 14.0. The second-order valence-electron chi connectivity index (χ2n) is 6.82. The SMILES string of the molecule is CCCOc1ccc(OCCN2C(=O)NC(CC)(c3ccc(Cl)cc3)C2=O)cc1. The highest BCUT2D eigenvalue weighted by atomic mass is 35.5. The number of ether oxygens (including phenoxy) is 2. The highest BCUT2D eigenvalue weighted by molar-refractivity contribution is 6.30. The number of benzene rings is 2. The van der Waals surface area contributed by atoms with E-state index in [4.69, 9.17) is 21.1 Å². The second kappa shape index (κ2) is 9.18. The van der Waals surface area contributed by atoms with Crippen LogP contribution in [-0.4, -0.2) is 36.6 Å². The number of urea groups is 1. The van der Waals surface area contributed by atoms with E-state index < -0.39 is 11.6 Å². The van der Waals surface area contributed by atoms with Crippen molar-refractivity contribution in [3.05, 3.63) is 59.1 Å². The number of nitrogens with one attached hydrogen (secondary N) is 1. The highest BCUT2D eigenvalue weighted by Gasteiger charge is 2.50. The number of nitrogens with zero attached hydrogens (tertiary/aromatic N) is 1. The Hall–Kier alpha value is -2.73. The summed E-state index contributed by atoms with van der Waals surface area (Å²) in [6.45, 7) is 4.95. The van der Waals surface area contributed by atoms with Crippen LogP contribution in [0.15, 0.2) is 48.5 Å². The van der Waals surface area contributed by atoms with Crippen molar-refractivity contribution >= 4 is 23.5 Å². The fraction of sp³-hybridized carbons (Fsp3) is 0.364. The van der Waals surface area contributed by atoms with Crippen molar-refractivity contribution in [3.63, 3.8) is 0 Å². The normalized spacial score (nSPS) is 18.7. The molecular formula is C22H25ClN2O4. The highest BCUT2D eigenvalue weighted by Crippen LogP contribution is 2.33. The van der Waals surface area contributed by atoms with Crippen LogP contribution in [0.25, 0.3) is 0 Å². The molecule has 1 N–H and O–H groups in total. The van der Waals surface area contributed by atoms with E-state index in [1.807, 2.05) is 26.0 Å². The summed E-state index contributed by atoms with van der Waals surface area (Å²) in [4.78, 5) is 26.8. The first-order valence-corrected chi connectivity index (χ1v) is 10.1. The zero-order valence-corrected chi connectivity index (χ0v) is 17.4. The van der Waals surface area contributed by atoms with Gasteiger partial charge in [-0.1, -0.05) is 37.6 Å². The van der Waals surface area contributed by atoms with Crippen molar-refractivity contribution in [2.24, 2.45) is 0 Å². The maximum absolute atomic E-state index is 13.1. The predicted molar refractivity (Wildman–Crippen MR) is 111 cm³/mol. The molecule has 2 aromatic rings. The summed E-state index contributed by atoms with van der Waals surface area (Å²) in [6.07, 6.45) is 1.38. The quantitative estimate of drug-likeness (QED) is 0.616. The van der Waals surface area contributed by atoms with Gasteiger partial charge >= 0.3 is 6.03 Å². The Kier molecular flexibility index (Phi) is 6.64. The molecule has 3 rings (SSSR count). The number of amides is 3. The maximum Gasteiger partial charge on any atom is 0.325 e. The van der Waals surface area contributed by atoms with Gasteiger partial charge in [-0.2, -0.15) is 0 Å². The molecule has 1 aliphatic heterocycles. The number of carbonyl (C=O) groups is 2. The lowest BCUT2D eigenvalue weighted by atomic mass is 9.87. The lowest BCUT2D eigenvalue weighted by Gasteiger charge is -2.25. The monoisotopic (exact) mass is 416 g/mol. The van der Waals surface area contributed by atoms with E-state index in [2.05, 4.69) is 5.32 Å². The molecule has 0 aromatic heterocycles. The molecule has 1 fully saturated rings. The molecule has 1 saturated heterocycles. The Labute approximate surface area is 175 Å². The predicted octanol–water partition coefficient (Wildman–Crippen LogP) is 4.36. The minimum Gasteiger partial charge on any atom is -0.494 e. The van der Waals surface area contributed by atoms with Gasteiger partial charge in [0, 0.05) is 5.02 Å². The first-order valence-electron chi connectivity index (χ1n) is 9.76. The topological polar surface area (TPSA) is 67.9 Å². The third-order valence-electron chi connectivity index (χ3n) is 4.92. The van der Waals surface area contributed by atoms with Gasteiger partial charge in [0.25, 0.3) is 5.91 Å². The third kappa shape index (κ3) is 4.48. The average molecular weight is 417 g/mol. The van der Waals surface area contributed by atoms with E-state index in [0.29, 0.717) is 29.4 Å². The largest absolute Gasteiger partial charge is 0.494 e. The molecule has 2 aromatic carbocycles. The zero-order chi connectivity index (χ0) is 20.9. The molecule has 1 aliphatic rings. The number of hydrogen-bond acceptors (Lipinski definition) is 4. The van der Waals surface area contributed by atoms with Gasteiger partial charge in [0.05, 0.1) is 13.2 Å².